The first kappa shape index (κ1) is 19.0. The number of nitrogens with one attached hydrogen (secondary N) is 2. The number of anilines is 1. The molecule has 0 bridgehead atoms. The van der Waals surface area contributed by atoms with E-state index in [1.165, 1.54) is 12.1 Å². The lowest BCUT2D eigenvalue weighted by Gasteiger charge is -2.09. The van der Waals surface area contributed by atoms with Crippen LogP contribution >= 0.6 is 0 Å². The number of amides is 1. The van der Waals surface area contributed by atoms with E-state index in [1.807, 2.05) is 25.1 Å². The Labute approximate surface area is 168 Å². The van der Waals surface area contributed by atoms with Crippen molar-refractivity contribution in [3.8, 4) is 11.1 Å². The smallest absolute Gasteiger partial charge is 0.241 e. The number of rotatable bonds is 5. The summed E-state index contributed by atoms with van der Waals surface area (Å²) in [5.41, 5.74) is 4.22. The average molecular weight is 406 g/mol. The van der Waals surface area contributed by atoms with Crippen molar-refractivity contribution >= 4 is 27.4 Å². The third kappa shape index (κ3) is 3.70. The fourth-order valence-electron chi connectivity index (χ4n) is 3.27. The zero-order chi connectivity index (χ0) is 20.6. The topological polar surface area (TPSA) is 92.3 Å². The van der Waals surface area contributed by atoms with Crippen LogP contribution in [0.2, 0.25) is 0 Å². The maximum absolute atomic E-state index is 12.6. The van der Waals surface area contributed by atoms with Crippen molar-refractivity contribution in [2.75, 3.05) is 11.9 Å². The summed E-state index contributed by atoms with van der Waals surface area (Å²) < 4.78 is 26.9. The van der Waals surface area contributed by atoms with Crippen molar-refractivity contribution in [3.63, 3.8) is 0 Å². The molecule has 146 valence electrons. The average Bonchev–Trinajstić information content (AvgIpc) is 2.99. The normalized spacial score (nSPS) is 12.4. The Morgan fingerprint density at radius 3 is 2.24 bits per heavy atom. The highest BCUT2D eigenvalue weighted by Gasteiger charge is 2.26. The minimum atomic E-state index is -3.78. The van der Waals surface area contributed by atoms with E-state index in [0.29, 0.717) is 16.8 Å². The predicted octanol–water partition coefficient (Wildman–Crippen LogP) is 3.12. The maximum atomic E-state index is 12.6. The van der Waals surface area contributed by atoms with Gasteiger partial charge in [-0.05, 0) is 42.3 Å². The molecule has 0 fully saturated rings. The summed E-state index contributed by atoms with van der Waals surface area (Å²) in [7, 11) is -3.78. The molecular formula is C22H18N2O4S. The number of hydrogen-bond donors (Lipinski definition) is 2. The van der Waals surface area contributed by atoms with Crippen LogP contribution in [0.25, 0.3) is 11.1 Å². The molecule has 1 aliphatic carbocycles. The van der Waals surface area contributed by atoms with Gasteiger partial charge in [-0.15, -0.1) is 0 Å². The van der Waals surface area contributed by atoms with E-state index in [-0.39, 0.29) is 10.7 Å². The van der Waals surface area contributed by atoms with Gasteiger partial charge >= 0.3 is 0 Å². The highest BCUT2D eigenvalue weighted by atomic mass is 32.2. The van der Waals surface area contributed by atoms with Crippen molar-refractivity contribution in [3.05, 3.63) is 83.4 Å². The van der Waals surface area contributed by atoms with Crippen LogP contribution in [-0.2, 0) is 14.8 Å². The van der Waals surface area contributed by atoms with Gasteiger partial charge in [0.15, 0.2) is 5.78 Å². The number of fused-ring (bicyclic) bond motifs is 3. The summed E-state index contributed by atoms with van der Waals surface area (Å²) >= 11 is 0. The summed E-state index contributed by atoms with van der Waals surface area (Å²) in [5.74, 6) is -0.615. The molecule has 2 N–H and O–H groups in total. The Morgan fingerprint density at radius 2 is 1.52 bits per heavy atom. The van der Waals surface area contributed by atoms with Crippen LogP contribution in [0, 0.1) is 6.92 Å². The van der Waals surface area contributed by atoms with Crippen LogP contribution in [0.3, 0.4) is 0 Å². The Kier molecular flexibility index (Phi) is 4.77. The highest BCUT2D eigenvalue weighted by molar-refractivity contribution is 7.89. The van der Waals surface area contributed by atoms with E-state index < -0.39 is 22.5 Å². The zero-order valence-corrected chi connectivity index (χ0v) is 16.4. The monoisotopic (exact) mass is 406 g/mol. The van der Waals surface area contributed by atoms with Gasteiger partial charge < -0.3 is 5.32 Å². The quantitative estimate of drug-likeness (QED) is 0.533. The summed E-state index contributed by atoms with van der Waals surface area (Å²) in [5, 5.41) is 2.63. The van der Waals surface area contributed by atoms with E-state index >= 15 is 0 Å². The fourth-order valence-corrected chi connectivity index (χ4v) is 4.25. The van der Waals surface area contributed by atoms with E-state index in [1.54, 1.807) is 36.4 Å². The molecule has 6 nitrogen and oxygen atoms in total. The Hall–Kier alpha value is -3.29. The van der Waals surface area contributed by atoms with Crippen molar-refractivity contribution in [2.24, 2.45) is 0 Å². The second kappa shape index (κ2) is 7.27. The number of benzene rings is 3. The van der Waals surface area contributed by atoms with Crippen molar-refractivity contribution in [2.45, 2.75) is 11.8 Å². The van der Waals surface area contributed by atoms with Gasteiger partial charge in [-0.25, -0.2) is 13.1 Å². The summed E-state index contributed by atoms with van der Waals surface area (Å²) in [6, 6.07) is 18.8. The van der Waals surface area contributed by atoms with Gasteiger partial charge in [0.05, 0.1) is 11.4 Å². The number of carbonyl (C=O) groups is 2. The first-order chi connectivity index (χ1) is 13.8. The predicted molar refractivity (Wildman–Crippen MR) is 110 cm³/mol. The maximum Gasteiger partial charge on any atom is 0.241 e. The molecule has 29 heavy (non-hydrogen) atoms. The van der Waals surface area contributed by atoms with Crippen LogP contribution < -0.4 is 10.0 Å². The minimum absolute atomic E-state index is 0.0910. The van der Waals surface area contributed by atoms with Crippen LogP contribution in [-0.4, -0.2) is 26.7 Å². The van der Waals surface area contributed by atoms with E-state index in [0.717, 1.165) is 16.7 Å². The molecular weight excluding hydrogens is 388 g/mol. The van der Waals surface area contributed by atoms with Crippen molar-refractivity contribution in [1.82, 2.24) is 4.72 Å². The number of aryl methyl sites for hydroxylation is 1. The third-order valence-corrected chi connectivity index (χ3v) is 6.18. The van der Waals surface area contributed by atoms with Gasteiger partial charge in [0.25, 0.3) is 0 Å². The van der Waals surface area contributed by atoms with Gasteiger partial charge in [-0.1, -0.05) is 48.0 Å². The summed E-state index contributed by atoms with van der Waals surface area (Å²) in [6.07, 6.45) is 0. The molecule has 3 aromatic rings. The lowest BCUT2D eigenvalue weighted by atomic mass is 10.1. The highest BCUT2D eigenvalue weighted by Crippen LogP contribution is 2.37. The molecule has 0 heterocycles. The zero-order valence-electron chi connectivity index (χ0n) is 15.6. The van der Waals surface area contributed by atoms with Crippen LogP contribution in [0.1, 0.15) is 21.5 Å². The lowest BCUT2D eigenvalue weighted by molar-refractivity contribution is -0.115. The Bertz CT molecular complexity index is 1230. The van der Waals surface area contributed by atoms with Gasteiger partial charge in [0.2, 0.25) is 15.9 Å². The van der Waals surface area contributed by atoms with Crippen LogP contribution in [0.15, 0.2) is 71.6 Å². The first-order valence-corrected chi connectivity index (χ1v) is 10.5. The molecule has 7 heteroatoms. The summed E-state index contributed by atoms with van der Waals surface area (Å²) in [4.78, 5) is 24.9. The molecule has 1 aliphatic rings. The van der Waals surface area contributed by atoms with Gasteiger partial charge in [0, 0.05) is 16.8 Å². The van der Waals surface area contributed by atoms with E-state index in [4.69, 9.17) is 0 Å². The molecule has 0 saturated carbocycles. The van der Waals surface area contributed by atoms with Gasteiger partial charge in [0.1, 0.15) is 0 Å². The first-order valence-electron chi connectivity index (χ1n) is 8.99. The number of carbonyl (C=O) groups excluding carboxylic acids is 2. The molecule has 0 unspecified atom stereocenters. The number of hydrogen-bond acceptors (Lipinski definition) is 4. The third-order valence-electron chi connectivity index (χ3n) is 4.76. The van der Waals surface area contributed by atoms with E-state index in [9.17, 15) is 18.0 Å². The second-order valence-electron chi connectivity index (χ2n) is 6.82. The molecule has 4 rings (SSSR count). The molecule has 3 aromatic carbocycles. The van der Waals surface area contributed by atoms with Crippen molar-refractivity contribution in [1.29, 1.82) is 0 Å². The largest absolute Gasteiger partial charge is 0.325 e. The molecule has 1 amide bonds. The second-order valence-corrected chi connectivity index (χ2v) is 8.59. The van der Waals surface area contributed by atoms with Gasteiger partial charge in [-0.2, -0.15) is 0 Å². The standard InChI is InChI=1S/C22H18N2O4S/c1-14-6-9-16(10-7-14)29(27,28)23-13-21(25)24-15-8-11-18-17-4-2-3-5-19(17)22(26)20(18)12-15/h2-12,23H,13H2,1H3,(H,24,25). The SMILES string of the molecule is Cc1ccc(S(=O)(=O)NCC(=O)Nc2ccc3c(c2)C(=O)c2ccccc2-3)cc1. The lowest BCUT2D eigenvalue weighted by Crippen LogP contribution is -2.32. The summed E-state index contributed by atoms with van der Waals surface area (Å²) in [6.45, 7) is 1.44. The van der Waals surface area contributed by atoms with Crippen molar-refractivity contribution < 1.29 is 18.0 Å². The molecule has 0 radical (unpaired) electrons. The Balaban J connectivity index is 1.45. The number of sulfonamides is 1. The van der Waals surface area contributed by atoms with Crippen LogP contribution in [0.4, 0.5) is 5.69 Å². The number of ketones is 1. The molecule has 0 aliphatic heterocycles. The van der Waals surface area contributed by atoms with Crippen LogP contribution in [0.5, 0.6) is 0 Å². The molecule has 0 saturated heterocycles. The Morgan fingerprint density at radius 1 is 0.862 bits per heavy atom. The van der Waals surface area contributed by atoms with E-state index in [2.05, 4.69) is 10.0 Å². The fraction of sp³-hybridized carbons (Fsp3) is 0.0909. The molecule has 0 atom stereocenters. The molecule has 0 aromatic heterocycles. The minimum Gasteiger partial charge on any atom is -0.325 e. The molecule has 0 spiro atoms. The van der Waals surface area contributed by atoms with Gasteiger partial charge in [-0.3, -0.25) is 9.59 Å².